The predicted molar refractivity (Wildman–Crippen MR) is 87.8 cm³/mol. The highest BCUT2D eigenvalue weighted by atomic mass is 35.5. The molecular formula is C15H13Cl2FN2O4. The summed E-state index contributed by atoms with van der Waals surface area (Å²) in [6.45, 7) is -0.0207. The van der Waals surface area contributed by atoms with E-state index in [-0.39, 0.29) is 45.0 Å². The van der Waals surface area contributed by atoms with Gasteiger partial charge in [0.05, 0.1) is 25.1 Å². The first-order chi connectivity index (χ1) is 11.4. The Balaban J connectivity index is 2.57. The fourth-order valence-electron chi connectivity index (χ4n) is 1.92. The molecule has 0 atom stereocenters. The topological polar surface area (TPSA) is 83.7 Å². The first-order valence-corrected chi connectivity index (χ1v) is 7.32. The molecule has 2 rings (SSSR count). The van der Waals surface area contributed by atoms with Crippen LogP contribution in [0, 0.1) is 5.82 Å². The van der Waals surface area contributed by atoms with Gasteiger partial charge in [0.15, 0.2) is 0 Å². The van der Waals surface area contributed by atoms with Crippen molar-refractivity contribution in [1.29, 1.82) is 0 Å². The molecule has 0 bridgehead atoms. The number of benzene rings is 1. The normalized spacial score (nSPS) is 10.5. The molecule has 24 heavy (non-hydrogen) atoms. The molecule has 1 aromatic carbocycles. The van der Waals surface area contributed by atoms with Crippen molar-refractivity contribution in [3.63, 3.8) is 0 Å². The quantitative estimate of drug-likeness (QED) is 0.812. The molecule has 9 heteroatoms. The van der Waals surface area contributed by atoms with Crippen LogP contribution in [0.25, 0.3) is 11.3 Å². The molecule has 0 radical (unpaired) electrons. The van der Waals surface area contributed by atoms with Gasteiger partial charge >= 0.3 is 6.16 Å². The van der Waals surface area contributed by atoms with Gasteiger partial charge in [-0.25, -0.2) is 14.2 Å². The fourth-order valence-corrected chi connectivity index (χ4v) is 2.26. The summed E-state index contributed by atoms with van der Waals surface area (Å²) in [4.78, 5) is 15.3. The summed E-state index contributed by atoms with van der Waals surface area (Å²) in [5.74, 6) is -0.913. The lowest BCUT2D eigenvalue weighted by atomic mass is 10.1. The molecule has 2 aromatic rings. The second kappa shape index (κ2) is 7.65. The van der Waals surface area contributed by atoms with E-state index in [9.17, 15) is 9.18 Å². The van der Waals surface area contributed by atoms with Crippen molar-refractivity contribution < 1.29 is 23.4 Å². The molecule has 6 nitrogen and oxygen atoms in total. The minimum atomic E-state index is -1.03. The average molecular weight is 375 g/mol. The number of pyridine rings is 1. The highest BCUT2D eigenvalue weighted by Crippen LogP contribution is 2.35. The molecule has 0 saturated carbocycles. The van der Waals surface area contributed by atoms with Crippen molar-refractivity contribution in [3.05, 3.63) is 39.6 Å². The number of hydrogen-bond donors (Lipinski definition) is 1. The number of ether oxygens (including phenoxy) is 3. The first kappa shape index (κ1) is 18.3. The molecular weight excluding hydrogens is 362 g/mol. The van der Waals surface area contributed by atoms with E-state index in [1.807, 2.05) is 0 Å². The van der Waals surface area contributed by atoms with Crippen LogP contribution in [0.3, 0.4) is 0 Å². The van der Waals surface area contributed by atoms with Crippen molar-refractivity contribution in [2.45, 2.75) is 6.61 Å². The van der Waals surface area contributed by atoms with Gasteiger partial charge in [0.1, 0.15) is 10.8 Å². The van der Waals surface area contributed by atoms with Crippen molar-refractivity contribution in [2.24, 2.45) is 0 Å². The Hall–Kier alpha value is -2.09. The van der Waals surface area contributed by atoms with Crippen LogP contribution in [0.5, 0.6) is 5.88 Å². The minimum Gasteiger partial charge on any atom is -0.437 e. The molecule has 0 spiro atoms. The molecule has 0 aliphatic carbocycles. The van der Waals surface area contributed by atoms with Gasteiger partial charge in [0.25, 0.3) is 0 Å². The van der Waals surface area contributed by atoms with Crippen LogP contribution in [-0.4, -0.2) is 25.4 Å². The van der Waals surface area contributed by atoms with Crippen LogP contribution in [0.4, 0.5) is 14.9 Å². The molecule has 0 aliphatic heterocycles. The van der Waals surface area contributed by atoms with Crippen LogP contribution in [0.15, 0.2) is 18.2 Å². The van der Waals surface area contributed by atoms with Gasteiger partial charge in [-0.3, -0.25) is 0 Å². The maximum atomic E-state index is 14.7. The number of hydrogen-bond acceptors (Lipinski definition) is 6. The summed E-state index contributed by atoms with van der Waals surface area (Å²) in [6, 6.07) is 4.28. The van der Waals surface area contributed by atoms with Gasteiger partial charge < -0.3 is 19.9 Å². The summed E-state index contributed by atoms with van der Waals surface area (Å²) < 4.78 is 28.8. The van der Waals surface area contributed by atoms with Crippen molar-refractivity contribution in [3.8, 4) is 17.1 Å². The van der Waals surface area contributed by atoms with Gasteiger partial charge in [-0.1, -0.05) is 23.2 Å². The first-order valence-electron chi connectivity index (χ1n) is 6.57. The second-order valence-electron chi connectivity index (χ2n) is 4.59. The number of nitrogen functional groups attached to an aromatic ring is 1. The summed E-state index contributed by atoms with van der Waals surface area (Å²) in [7, 11) is 2.54. The van der Waals surface area contributed by atoms with Crippen molar-refractivity contribution in [2.75, 3.05) is 20.0 Å². The maximum Gasteiger partial charge on any atom is 0.514 e. The summed E-state index contributed by atoms with van der Waals surface area (Å²) >= 11 is 11.9. The maximum absolute atomic E-state index is 14.7. The number of nitrogens with zero attached hydrogens (tertiary/aromatic N) is 1. The second-order valence-corrected chi connectivity index (χ2v) is 5.38. The molecule has 128 valence electrons. The highest BCUT2D eigenvalue weighted by molar-refractivity contribution is 6.34. The van der Waals surface area contributed by atoms with Crippen LogP contribution in [-0.2, 0) is 16.1 Å². The Kier molecular flexibility index (Phi) is 5.82. The van der Waals surface area contributed by atoms with E-state index in [2.05, 4.69) is 9.72 Å². The molecule has 0 unspecified atom stereocenters. The van der Waals surface area contributed by atoms with Crippen molar-refractivity contribution in [1.82, 2.24) is 4.98 Å². The zero-order valence-corrected chi connectivity index (χ0v) is 14.2. The number of carbonyl (C=O) groups is 1. The Morgan fingerprint density at radius 1 is 1.33 bits per heavy atom. The standard InChI is InChI=1S/C15H13Cl2FN2O4/c1-22-6-8-9(16)4-3-7(13(8)18)11-5-10(19)12(17)14(20-11)24-15(21)23-2/h3-5H,6H2,1-2H3,(H2,19,20). The van der Waals surface area contributed by atoms with E-state index in [1.165, 1.54) is 25.3 Å². The van der Waals surface area contributed by atoms with E-state index in [0.717, 1.165) is 7.11 Å². The third-order valence-electron chi connectivity index (χ3n) is 3.05. The molecule has 0 amide bonds. The van der Waals surface area contributed by atoms with E-state index in [4.69, 9.17) is 38.4 Å². The zero-order chi connectivity index (χ0) is 17.9. The Bertz CT molecular complexity index is 787. The lowest BCUT2D eigenvalue weighted by molar-refractivity contribution is 0.120. The van der Waals surface area contributed by atoms with Gasteiger partial charge in [-0.05, 0) is 18.2 Å². The van der Waals surface area contributed by atoms with Gasteiger partial charge in [0.2, 0.25) is 5.88 Å². The number of aromatic nitrogens is 1. The fraction of sp³-hybridized carbons (Fsp3) is 0.200. The van der Waals surface area contributed by atoms with Crippen LogP contribution < -0.4 is 10.5 Å². The summed E-state index contributed by atoms with van der Waals surface area (Å²) in [5, 5.41) is 0.127. The van der Waals surface area contributed by atoms with Gasteiger partial charge in [-0.2, -0.15) is 0 Å². The molecule has 0 saturated heterocycles. The molecule has 0 aliphatic rings. The van der Waals surface area contributed by atoms with Crippen LogP contribution in [0.1, 0.15) is 5.56 Å². The Morgan fingerprint density at radius 3 is 2.67 bits per heavy atom. The smallest absolute Gasteiger partial charge is 0.437 e. The van der Waals surface area contributed by atoms with Crippen LogP contribution in [0.2, 0.25) is 10.0 Å². The molecule has 0 fully saturated rings. The monoisotopic (exact) mass is 374 g/mol. The number of anilines is 1. The summed E-state index contributed by atoms with van der Waals surface area (Å²) in [5.41, 5.74) is 6.22. The molecule has 1 aromatic heterocycles. The minimum absolute atomic E-state index is 0.0207. The van der Waals surface area contributed by atoms with E-state index < -0.39 is 12.0 Å². The SMILES string of the molecule is COCc1c(Cl)ccc(-c2cc(N)c(Cl)c(OC(=O)OC)n2)c1F. The Morgan fingerprint density at radius 2 is 2.04 bits per heavy atom. The molecule has 2 N–H and O–H groups in total. The number of rotatable bonds is 4. The largest absolute Gasteiger partial charge is 0.514 e. The lowest BCUT2D eigenvalue weighted by Gasteiger charge is -2.12. The third-order valence-corrected chi connectivity index (χ3v) is 3.79. The number of nitrogens with two attached hydrogens (primary N) is 1. The Labute approximate surface area is 147 Å². The van der Waals surface area contributed by atoms with Gasteiger partial charge in [0, 0.05) is 23.3 Å². The van der Waals surface area contributed by atoms with Crippen molar-refractivity contribution >= 4 is 35.0 Å². The molecule has 1 heterocycles. The average Bonchev–Trinajstić information content (AvgIpc) is 2.55. The van der Waals surface area contributed by atoms with Gasteiger partial charge in [-0.15, -0.1) is 0 Å². The van der Waals surface area contributed by atoms with E-state index in [1.54, 1.807) is 0 Å². The number of halogens is 3. The third kappa shape index (κ3) is 3.69. The van der Waals surface area contributed by atoms with E-state index in [0.29, 0.717) is 0 Å². The predicted octanol–water partition coefficient (Wildman–Crippen LogP) is 4.07. The number of methoxy groups -OCH3 is 2. The number of carbonyl (C=O) groups excluding carboxylic acids is 1. The summed E-state index contributed by atoms with van der Waals surface area (Å²) in [6.07, 6.45) is -1.03. The zero-order valence-electron chi connectivity index (χ0n) is 12.7. The van der Waals surface area contributed by atoms with E-state index >= 15 is 0 Å². The lowest BCUT2D eigenvalue weighted by Crippen LogP contribution is -2.10. The van der Waals surface area contributed by atoms with Crippen LogP contribution >= 0.6 is 23.2 Å². The highest BCUT2D eigenvalue weighted by Gasteiger charge is 2.19.